The number of amides is 2. The van der Waals surface area contributed by atoms with Gasteiger partial charge in [0.2, 0.25) is 11.8 Å². The Labute approximate surface area is 248 Å². The van der Waals surface area contributed by atoms with Crippen molar-refractivity contribution in [2.24, 2.45) is 0 Å². The fourth-order valence-electron chi connectivity index (χ4n) is 4.57. The third-order valence-corrected chi connectivity index (χ3v) is 7.00. The van der Waals surface area contributed by atoms with E-state index in [0.29, 0.717) is 26.2 Å². The van der Waals surface area contributed by atoms with E-state index < -0.39 is 11.8 Å². The van der Waals surface area contributed by atoms with E-state index in [1.54, 1.807) is 34.6 Å². The average molecular weight is 569 g/mol. The Morgan fingerprint density at radius 3 is 1.21 bits per heavy atom. The van der Waals surface area contributed by atoms with Gasteiger partial charge in [-0.05, 0) is 60.4 Å². The zero-order valence-corrected chi connectivity index (χ0v) is 24.3. The molecule has 2 unspecified atom stereocenters. The summed E-state index contributed by atoms with van der Waals surface area (Å²) in [5.74, 6) is -1.12. The van der Waals surface area contributed by atoms with Crippen LogP contribution in [-0.4, -0.2) is 68.1 Å². The number of aliphatic hydroxyl groups excluding tert-OH is 2. The molecule has 0 aliphatic rings. The highest BCUT2D eigenvalue weighted by atomic mass is 16.3. The van der Waals surface area contributed by atoms with Crippen molar-refractivity contribution >= 4 is 11.8 Å². The molecular formula is C34H40N4O4. The summed E-state index contributed by atoms with van der Waals surface area (Å²) in [6, 6.07) is 26.4. The van der Waals surface area contributed by atoms with Crippen LogP contribution in [0.2, 0.25) is 0 Å². The zero-order valence-electron chi connectivity index (χ0n) is 24.3. The maximum Gasteiger partial charge on any atom is 0.232 e. The molecule has 4 aromatic rings. The van der Waals surface area contributed by atoms with Crippen LogP contribution in [0, 0.1) is 0 Å². The van der Waals surface area contributed by atoms with Gasteiger partial charge in [0.25, 0.3) is 0 Å². The lowest BCUT2D eigenvalue weighted by Gasteiger charge is -2.25. The van der Waals surface area contributed by atoms with Crippen molar-refractivity contribution in [2.45, 2.75) is 38.8 Å². The Morgan fingerprint density at radius 2 is 0.929 bits per heavy atom. The lowest BCUT2D eigenvalue weighted by atomic mass is 9.98. The van der Waals surface area contributed by atoms with E-state index in [1.807, 2.05) is 98.8 Å². The lowest BCUT2D eigenvalue weighted by molar-refractivity contribution is -0.135. The van der Waals surface area contributed by atoms with Crippen LogP contribution in [0.25, 0.3) is 0 Å². The number of aliphatic hydroxyl groups is 2. The lowest BCUT2D eigenvalue weighted by Crippen LogP contribution is -2.36. The molecule has 0 aliphatic heterocycles. The van der Waals surface area contributed by atoms with Crippen LogP contribution >= 0.6 is 0 Å². The Morgan fingerprint density at radius 1 is 0.595 bits per heavy atom. The minimum atomic E-state index is -0.506. The molecule has 2 N–H and O–H groups in total. The minimum absolute atomic E-state index is 0.0528. The van der Waals surface area contributed by atoms with Gasteiger partial charge in [-0.2, -0.15) is 0 Å². The van der Waals surface area contributed by atoms with Gasteiger partial charge in [0.1, 0.15) is 0 Å². The van der Waals surface area contributed by atoms with Gasteiger partial charge in [-0.25, -0.2) is 0 Å². The van der Waals surface area contributed by atoms with E-state index in [4.69, 9.17) is 0 Å². The number of likely N-dealkylation sites (N-methyl/N-ethyl adjacent to an activating group) is 2. The SMILES string of the molecule is CCN(Cc1ccncc1)C(=O)C(CO)c1ccccc1.CCN(Cc1ccncc1)C(=O)C(CO)c1ccccc1. The molecule has 42 heavy (non-hydrogen) atoms. The smallest absolute Gasteiger partial charge is 0.232 e. The standard InChI is InChI=1S/2C17H20N2O2/c2*1-2-19(12-14-8-10-18-11-9-14)17(21)16(13-20)15-6-4-3-5-7-15/h2*3-11,16,20H,2,12-13H2,1H3. The molecule has 0 spiro atoms. The van der Waals surface area contributed by atoms with Gasteiger partial charge >= 0.3 is 0 Å². The average Bonchev–Trinajstić information content (AvgIpc) is 3.05. The molecule has 0 saturated carbocycles. The topological polar surface area (TPSA) is 107 Å². The molecule has 2 atom stereocenters. The first-order valence-corrected chi connectivity index (χ1v) is 14.2. The first-order valence-electron chi connectivity index (χ1n) is 14.2. The molecule has 2 amide bonds. The fourth-order valence-corrected chi connectivity index (χ4v) is 4.57. The molecular weight excluding hydrogens is 528 g/mol. The molecule has 0 fully saturated rings. The van der Waals surface area contributed by atoms with Crippen LogP contribution < -0.4 is 0 Å². The number of carbonyl (C=O) groups excluding carboxylic acids is 2. The van der Waals surface area contributed by atoms with Crippen LogP contribution in [0.1, 0.15) is 47.9 Å². The maximum absolute atomic E-state index is 12.7. The minimum Gasteiger partial charge on any atom is -0.395 e. The summed E-state index contributed by atoms with van der Waals surface area (Å²) in [5, 5.41) is 19.2. The Hall–Kier alpha value is -4.40. The van der Waals surface area contributed by atoms with E-state index >= 15 is 0 Å². The number of carbonyl (C=O) groups is 2. The number of pyridine rings is 2. The number of nitrogens with zero attached hydrogens (tertiary/aromatic N) is 4. The highest BCUT2D eigenvalue weighted by molar-refractivity contribution is 5.84. The number of rotatable bonds is 12. The molecule has 0 aliphatic carbocycles. The first kappa shape index (κ1) is 32.1. The summed E-state index contributed by atoms with van der Waals surface area (Å²) in [6.45, 7) is 5.78. The van der Waals surface area contributed by atoms with Crippen molar-refractivity contribution in [3.8, 4) is 0 Å². The third-order valence-electron chi connectivity index (χ3n) is 7.00. The normalized spacial score (nSPS) is 11.9. The van der Waals surface area contributed by atoms with Crippen molar-refractivity contribution in [2.75, 3.05) is 26.3 Å². The van der Waals surface area contributed by atoms with E-state index in [2.05, 4.69) is 9.97 Å². The van der Waals surface area contributed by atoms with Gasteiger partial charge in [0.15, 0.2) is 0 Å². The summed E-state index contributed by atoms with van der Waals surface area (Å²) >= 11 is 0. The van der Waals surface area contributed by atoms with Crippen molar-refractivity contribution in [1.29, 1.82) is 0 Å². The summed E-state index contributed by atoms with van der Waals surface area (Å²) in [5.41, 5.74) is 3.76. The summed E-state index contributed by atoms with van der Waals surface area (Å²) < 4.78 is 0. The van der Waals surface area contributed by atoms with Crippen molar-refractivity contribution < 1.29 is 19.8 Å². The van der Waals surface area contributed by atoms with E-state index in [-0.39, 0.29) is 25.0 Å². The van der Waals surface area contributed by atoms with Crippen LogP contribution in [-0.2, 0) is 22.7 Å². The van der Waals surface area contributed by atoms with Crippen molar-refractivity contribution in [1.82, 2.24) is 19.8 Å². The van der Waals surface area contributed by atoms with Crippen LogP contribution in [0.15, 0.2) is 110 Å². The molecule has 2 aromatic heterocycles. The Kier molecular flexibility index (Phi) is 13.3. The molecule has 0 radical (unpaired) electrons. The molecule has 220 valence electrons. The quantitative estimate of drug-likeness (QED) is 0.262. The van der Waals surface area contributed by atoms with Gasteiger partial charge in [-0.1, -0.05) is 60.7 Å². The molecule has 2 aromatic carbocycles. The van der Waals surface area contributed by atoms with Gasteiger partial charge < -0.3 is 20.0 Å². The number of aromatic nitrogens is 2. The fraction of sp³-hybridized carbons (Fsp3) is 0.294. The predicted molar refractivity (Wildman–Crippen MR) is 163 cm³/mol. The van der Waals surface area contributed by atoms with E-state index in [1.165, 1.54) is 0 Å². The number of hydrogen-bond acceptors (Lipinski definition) is 6. The summed E-state index contributed by atoms with van der Waals surface area (Å²) in [6.07, 6.45) is 6.87. The van der Waals surface area contributed by atoms with Crippen LogP contribution in [0.3, 0.4) is 0 Å². The van der Waals surface area contributed by atoms with Gasteiger partial charge in [-0.15, -0.1) is 0 Å². The first-order chi connectivity index (χ1) is 20.5. The highest BCUT2D eigenvalue weighted by Crippen LogP contribution is 2.20. The molecule has 2 heterocycles. The van der Waals surface area contributed by atoms with Crippen LogP contribution in [0.5, 0.6) is 0 Å². The number of hydrogen-bond donors (Lipinski definition) is 2. The Balaban J connectivity index is 0.000000230. The molecule has 4 rings (SSSR count). The Bertz CT molecular complexity index is 1220. The van der Waals surface area contributed by atoms with Gasteiger partial charge in [0.05, 0.1) is 25.0 Å². The summed E-state index contributed by atoms with van der Waals surface area (Å²) in [7, 11) is 0. The monoisotopic (exact) mass is 568 g/mol. The summed E-state index contributed by atoms with van der Waals surface area (Å²) in [4.78, 5) is 36.8. The largest absolute Gasteiger partial charge is 0.395 e. The second kappa shape index (κ2) is 17.4. The van der Waals surface area contributed by atoms with E-state index in [0.717, 1.165) is 22.3 Å². The zero-order chi connectivity index (χ0) is 30.2. The second-order valence-corrected chi connectivity index (χ2v) is 9.71. The van der Waals surface area contributed by atoms with Crippen molar-refractivity contribution in [3.05, 3.63) is 132 Å². The molecule has 0 bridgehead atoms. The predicted octanol–water partition coefficient (Wildman–Crippen LogP) is 4.41. The highest BCUT2D eigenvalue weighted by Gasteiger charge is 2.25. The molecule has 8 heteroatoms. The van der Waals surface area contributed by atoms with Crippen LogP contribution in [0.4, 0.5) is 0 Å². The molecule has 8 nitrogen and oxygen atoms in total. The van der Waals surface area contributed by atoms with Gasteiger partial charge in [-0.3, -0.25) is 19.6 Å². The van der Waals surface area contributed by atoms with Crippen molar-refractivity contribution in [3.63, 3.8) is 0 Å². The third kappa shape index (κ3) is 9.33. The van der Waals surface area contributed by atoms with E-state index in [9.17, 15) is 19.8 Å². The second-order valence-electron chi connectivity index (χ2n) is 9.71. The molecule has 0 saturated heterocycles. The van der Waals surface area contributed by atoms with Gasteiger partial charge in [0, 0.05) is 51.0 Å². The maximum atomic E-state index is 12.7. The number of benzene rings is 2.